The van der Waals surface area contributed by atoms with Crippen molar-refractivity contribution in [2.75, 3.05) is 7.05 Å². The van der Waals surface area contributed by atoms with Gasteiger partial charge < -0.3 is 5.32 Å². The summed E-state index contributed by atoms with van der Waals surface area (Å²) in [5, 5.41) is 11.5. The summed E-state index contributed by atoms with van der Waals surface area (Å²) in [6.45, 7) is 9.94. The fourth-order valence-electron chi connectivity index (χ4n) is 1.64. The first kappa shape index (κ1) is 11.9. The predicted octanol–water partition coefficient (Wildman–Crippen LogP) is 2.32. The van der Waals surface area contributed by atoms with Crippen LogP contribution in [0.4, 0.5) is 0 Å². The summed E-state index contributed by atoms with van der Waals surface area (Å²) >= 11 is 0. The van der Waals surface area contributed by atoms with Gasteiger partial charge in [0, 0.05) is 6.04 Å². The Morgan fingerprint density at radius 1 is 1.47 bits per heavy atom. The van der Waals surface area contributed by atoms with Crippen molar-refractivity contribution in [2.24, 2.45) is 0 Å². The Labute approximate surface area is 91.6 Å². The molecule has 1 aromatic heterocycles. The zero-order valence-corrected chi connectivity index (χ0v) is 9.96. The number of rotatable bonds is 4. The van der Waals surface area contributed by atoms with Crippen molar-refractivity contribution < 1.29 is 0 Å². The lowest BCUT2D eigenvalue weighted by Crippen LogP contribution is -2.18. The quantitative estimate of drug-likeness (QED) is 0.767. The first-order chi connectivity index (χ1) is 7.04. The Balaban J connectivity index is 3.00. The van der Waals surface area contributed by atoms with Crippen LogP contribution in [-0.4, -0.2) is 17.2 Å². The molecular weight excluding hydrogens is 186 g/mol. The van der Waals surface area contributed by atoms with E-state index in [2.05, 4.69) is 28.2 Å². The third-order valence-corrected chi connectivity index (χ3v) is 2.42. The zero-order valence-electron chi connectivity index (χ0n) is 9.96. The number of hydrogen-bond acceptors (Lipinski definition) is 3. The summed E-state index contributed by atoms with van der Waals surface area (Å²) in [6.07, 6.45) is 0.933. The molecule has 82 valence electrons. The molecule has 0 radical (unpaired) electrons. The van der Waals surface area contributed by atoms with Gasteiger partial charge in [-0.3, -0.25) is 0 Å². The van der Waals surface area contributed by atoms with Crippen molar-refractivity contribution >= 4 is 0 Å². The molecule has 15 heavy (non-hydrogen) atoms. The Kier molecular flexibility index (Phi) is 3.97. The van der Waals surface area contributed by atoms with Gasteiger partial charge >= 0.3 is 0 Å². The lowest BCUT2D eigenvalue weighted by atomic mass is 9.99. The molecule has 0 spiro atoms. The SMILES string of the molecule is C=C(C)CC(NC)c1cc(C)nnc1C. The molecule has 3 heteroatoms. The fourth-order valence-corrected chi connectivity index (χ4v) is 1.64. The van der Waals surface area contributed by atoms with Crippen LogP contribution < -0.4 is 5.32 Å². The van der Waals surface area contributed by atoms with Gasteiger partial charge in [-0.2, -0.15) is 10.2 Å². The third-order valence-electron chi connectivity index (χ3n) is 2.42. The minimum Gasteiger partial charge on any atom is -0.313 e. The molecule has 0 saturated carbocycles. The van der Waals surface area contributed by atoms with Crippen molar-refractivity contribution in [1.29, 1.82) is 0 Å². The molecular formula is C12H19N3. The summed E-state index contributed by atoms with van der Waals surface area (Å²) < 4.78 is 0. The second-order valence-corrected chi connectivity index (χ2v) is 4.03. The number of aryl methyl sites for hydroxylation is 2. The van der Waals surface area contributed by atoms with E-state index in [4.69, 9.17) is 0 Å². The second kappa shape index (κ2) is 5.03. The predicted molar refractivity (Wildman–Crippen MR) is 62.7 cm³/mol. The fraction of sp³-hybridized carbons (Fsp3) is 0.500. The number of aromatic nitrogens is 2. The molecule has 0 aromatic carbocycles. The average molecular weight is 205 g/mol. The van der Waals surface area contributed by atoms with Gasteiger partial charge in [-0.1, -0.05) is 5.57 Å². The molecule has 0 saturated heterocycles. The molecule has 0 fully saturated rings. The molecule has 1 rings (SSSR count). The van der Waals surface area contributed by atoms with E-state index >= 15 is 0 Å². The zero-order chi connectivity index (χ0) is 11.4. The summed E-state index contributed by atoms with van der Waals surface area (Å²) in [7, 11) is 1.96. The second-order valence-electron chi connectivity index (χ2n) is 4.03. The summed E-state index contributed by atoms with van der Waals surface area (Å²) in [5.74, 6) is 0. The molecule has 0 aliphatic heterocycles. The van der Waals surface area contributed by atoms with Gasteiger partial charge in [0.1, 0.15) is 0 Å². The van der Waals surface area contributed by atoms with Crippen LogP contribution in [0.25, 0.3) is 0 Å². The van der Waals surface area contributed by atoms with Crippen molar-refractivity contribution in [3.63, 3.8) is 0 Å². The Morgan fingerprint density at radius 3 is 2.67 bits per heavy atom. The molecule has 0 amide bonds. The highest BCUT2D eigenvalue weighted by Crippen LogP contribution is 2.21. The normalized spacial score (nSPS) is 12.5. The van der Waals surface area contributed by atoms with Gasteiger partial charge in [0.2, 0.25) is 0 Å². The highest BCUT2D eigenvalue weighted by molar-refractivity contribution is 5.24. The number of nitrogens with one attached hydrogen (secondary N) is 1. The van der Waals surface area contributed by atoms with Gasteiger partial charge in [-0.25, -0.2) is 0 Å². The van der Waals surface area contributed by atoms with Crippen LogP contribution in [0.2, 0.25) is 0 Å². The van der Waals surface area contributed by atoms with Crippen LogP contribution in [0.1, 0.15) is 36.3 Å². The van der Waals surface area contributed by atoms with E-state index < -0.39 is 0 Å². The lowest BCUT2D eigenvalue weighted by Gasteiger charge is -2.18. The first-order valence-electron chi connectivity index (χ1n) is 5.17. The number of hydrogen-bond donors (Lipinski definition) is 1. The van der Waals surface area contributed by atoms with E-state index in [1.807, 2.05) is 27.8 Å². The minimum atomic E-state index is 0.289. The number of nitrogens with zero attached hydrogens (tertiary/aromatic N) is 2. The molecule has 1 N–H and O–H groups in total. The average Bonchev–Trinajstić information content (AvgIpc) is 2.18. The topological polar surface area (TPSA) is 37.8 Å². The standard InChI is InChI=1S/C12H19N3/c1-8(2)6-12(13-5)11-7-9(3)14-15-10(11)4/h7,12-13H,1,6H2,2-5H3. The third kappa shape index (κ3) is 3.13. The smallest absolute Gasteiger partial charge is 0.0648 e. The van der Waals surface area contributed by atoms with Crippen molar-refractivity contribution in [2.45, 2.75) is 33.2 Å². The van der Waals surface area contributed by atoms with Crippen molar-refractivity contribution in [3.8, 4) is 0 Å². The highest BCUT2D eigenvalue weighted by Gasteiger charge is 2.13. The van der Waals surface area contributed by atoms with Crippen LogP contribution in [0.15, 0.2) is 18.2 Å². The van der Waals surface area contributed by atoms with Crippen LogP contribution in [0.3, 0.4) is 0 Å². The van der Waals surface area contributed by atoms with Gasteiger partial charge in [-0.05, 0) is 45.9 Å². The van der Waals surface area contributed by atoms with Crippen LogP contribution in [0.5, 0.6) is 0 Å². The van der Waals surface area contributed by atoms with E-state index in [1.54, 1.807) is 0 Å². The van der Waals surface area contributed by atoms with E-state index in [9.17, 15) is 0 Å². The molecule has 0 aliphatic rings. The van der Waals surface area contributed by atoms with E-state index in [1.165, 1.54) is 11.1 Å². The molecule has 1 heterocycles. The molecule has 1 aromatic rings. The van der Waals surface area contributed by atoms with E-state index in [0.29, 0.717) is 0 Å². The van der Waals surface area contributed by atoms with Gasteiger partial charge in [0.05, 0.1) is 11.4 Å². The molecule has 1 atom stereocenters. The largest absolute Gasteiger partial charge is 0.313 e. The van der Waals surface area contributed by atoms with Crippen LogP contribution in [0, 0.1) is 13.8 Å². The van der Waals surface area contributed by atoms with E-state index in [-0.39, 0.29) is 6.04 Å². The van der Waals surface area contributed by atoms with Gasteiger partial charge in [-0.15, -0.1) is 6.58 Å². The summed E-state index contributed by atoms with van der Waals surface area (Å²) in [4.78, 5) is 0. The van der Waals surface area contributed by atoms with Crippen LogP contribution in [-0.2, 0) is 0 Å². The first-order valence-corrected chi connectivity index (χ1v) is 5.17. The van der Waals surface area contributed by atoms with Gasteiger partial charge in [0.15, 0.2) is 0 Å². The maximum Gasteiger partial charge on any atom is 0.0648 e. The maximum atomic E-state index is 4.14. The maximum absolute atomic E-state index is 4.14. The molecule has 0 aliphatic carbocycles. The van der Waals surface area contributed by atoms with Crippen LogP contribution >= 0.6 is 0 Å². The van der Waals surface area contributed by atoms with Crippen molar-refractivity contribution in [1.82, 2.24) is 15.5 Å². The van der Waals surface area contributed by atoms with E-state index in [0.717, 1.165) is 17.8 Å². The molecule has 3 nitrogen and oxygen atoms in total. The monoisotopic (exact) mass is 205 g/mol. The molecule has 0 bridgehead atoms. The Hall–Kier alpha value is -1.22. The highest BCUT2D eigenvalue weighted by atomic mass is 15.1. The van der Waals surface area contributed by atoms with Crippen molar-refractivity contribution in [3.05, 3.63) is 35.2 Å². The van der Waals surface area contributed by atoms with Gasteiger partial charge in [0.25, 0.3) is 0 Å². The molecule has 1 unspecified atom stereocenters. The minimum absolute atomic E-state index is 0.289. The summed E-state index contributed by atoms with van der Waals surface area (Å²) in [6, 6.07) is 2.38. The lowest BCUT2D eigenvalue weighted by molar-refractivity contribution is 0.580. The Morgan fingerprint density at radius 2 is 2.13 bits per heavy atom. The Bertz CT molecular complexity index is 358. The summed E-state index contributed by atoms with van der Waals surface area (Å²) in [5.41, 5.74) is 4.33.